The number of carbonyl (C=O) groups is 1. The van der Waals surface area contributed by atoms with E-state index < -0.39 is 20.3 Å². The number of nitrogens with two attached hydrogens (primary N) is 1. The minimum Gasteiger partial charge on any atom is -0.480 e. The first-order chi connectivity index (χ1) is 8.59. The fourth-order valence-corrected chi connectivity index (χ4v) is 2.89. The van der Waals surface area contributed by atoms with Gasteiger partial charge in [0.05, 0.1) is 6.61 Å². The van der Waals surface area contributed by atoms with E-state index in [-0.39, 0.29) is 5.96 Å². The van der Waals surface area contributed by atoms with Gasteiger partial charge in [0, 0.05) is 12.7 Å². The Morgan fingerprint density at radius 1 is 1.61 bits per heavy atom. The van der Waals surface area contributed by atoms with Crippen molar-refractivity contribution in [1.82, 2.24) is 10.4 Å². The molecule has 1 aliphatic rings. The zero-order valence-electron chi connectivity index (χ0n) is 10.0. The van der Waals surface area contributed by atoms with Gasteiger partial charge in [0.15, 0.2) is 5.96 Å². The molecule has 104 valence electrons. The van der Waals surface area contributed by atoms with Crippen LogP contribution >= 0.6 is 8.30 Å². The number of hydrogen-bond acceptors (Lipinski definition) is 5. The lowest BCUT2D eigenvalue weighted by molar-refractivity contribution is -0.208. The molecule has 1 fully saturated rings. The number of carboxylic acid groups (broad SMARTS) is 1. The van der Waals surface area contributed by atoms with E-state index in [9.17, 15) is 4.79 Å². The molecule has 0 aliphatic carbocycles. The van der Waals surface area contributed by atoms with E-state index in [2.05, 4.69) is 10.4 Å². The molecule has 18 heavy (non-hydrogen) atoms. The summed E-state index contributed by atoms with van der Waals surface area (Å²) < 4.78 is 5.02. The van der Waals surface area contributed by atoms with Crippen molar-refractivity contribution >= 4 is 20.2 Å². The Balaban J connectivity index is 2.25. The van der Waals surface area contributed by atoms with Gasteiger partial charge in [0.2, 0.25) is 0 Å². The van der Waals surface area contributed by atoms with Crippen molar-refractivity contribution < 1.29 is 19.5 Å². The van der Waals surface area contributed by atoms with Gasteiger partial charge in [-0.2, -0.15) is 4.67 Å². The predicted molar refractivity (Wildman–Crippen MR) is 67.2 cm³/mol. The van der Waals surface area contributed by atoms with Crippen molar-refractivity contribution in [3.05, 3.63) is 0 Å². The van der Waals surface area contributed by atoms with E-state index >= 15 is 0 Å². The molecule has 0 saturated carbocycles. The molecule has 6 N–H and O–H groups in total. The van der Waals surface area contributed by atoms with E-state index in [0.717, 1.165) is 12.6 Å². The van der Waals surface area contributed by atoms with E-state index in [1.54, 1.807) is 0 Å². The van der Waals surface area contributed by atoms with Crippen LogP contribution in [0.25, 0.3) is 0 Å². The van der Waals surface area contributed by atoms with Gasteiger partial charge in [0.25, 0.3) is 0 Å². The first kappa shape index (κ1) is 15.1. The molecular weight excluding hydrogens is 259 g/mol. The maximum Gasteiger partial charge on any atom is 0.321 e. The summed E-state index contributed by atoms with van der Waals surface area (Å²) in [6, 6.07) is -0.661. The number of hydrogen-bond donors (Lipinski definition) is 5. The molecule has 1 aliphatic heterocycles. The van der Waals surface area contributed by atoms with Gasteiger partial charge in [-0.15, -0.1) is 0 Å². The van der Waals surface area contributed by atoms with E-state index in [4.69, 9.17) is 25.8 Å². The monoisotopic (exact) mass is 278 g/mol. The Labute approximate surface area is 107 Å². The van der Waals surface area contributed by atoms with Crippen molar-refractivity contribution in [3.8, 4) is 0 Å². The van der Waals surface area contributed by atoms with Crippen LogP contribution in [0.15, 0.2) is 0 Å². The molecule has 9 heteroatoms. The molecule has 0 aromatic heterocycles. The van der Waals surface area contributed by atoms with Crippen LogP contribution in [0.2, 0.25) is 0 Å². The van der Waals surface area contributed by atoms with Crippen LogP contribution in [0.4, 0.5) is 0 Å². The number of carboxylic acids is 1. The lowest BCUT2D eigenvalue weighted by Gasteiger charge is -2.24. The maximum absolute atomic E-state index is 11.1. The highest BCUT2D eigenvalue weighted by atomic mass is 31.2. The molecule has 1 rings (SSSR count). The summed E-state index contributed by atoms with van der Waals surface area (Å²) in [5, 5.41) is 21.6. The van der Waals surface area contributed by atoms with Gasteiger partial charge in [-0.25, -0.2) is 4.89 Å². The van der Waals surface area contributed by atoms with E-state index in [1.165, 1.54) is 0 Å². The topological polar surface area (TPSA) is 130 Å². The van der Waals surface area contributed by atoms with Gasteiger partial charge in [0.1, 0.15) is 14.3 Å². The van der Waals surface area contributed by atoms with Crippen LogP contribution < -0.4 is 16.1 Å². The summed E-state index contributed by atoms with van der Waals surface area (Å²) in [5.74, 6) is -1.02. The second-order valence-corrected chi connectivity index (χ2v) is 5.47. The Hall–Kier alpha value is -0.950. The molecule has 0 amide bonds. The normalized spacial score (nSPS) is 21.2. The summed E-state index contributed by atoms with van der Waals surface area (Å²) in [6.07, 6.45) is 2.72. The van der Waals surface area contributed by atoms with Crippen LogP contribution in [0, 0.1) is 5.41 Å². The van der Waals surface area contributed by atoms with Crippen LogP contribution in [0.1, 0.15) is 19.3 Å². The van der Waals surface area contributed by atoms with Crippen molar-refractivity contribution in [2.75, 3.05) is 19.3 Å². The number of guanidine groups is 1. The highest BCUT2D eigenvalue weighted by Crippen LogP contribution is 2.37. The van der Waals surface area contributed by atoms with Gasteiger partial charge in [-0.3, -0.25) is 15.3 Å². The van der Waals surface area contributed by atoms with E-state index in [0.29, 0.717) is 26.0 Å². The second kappa shape index (κ2) is 8.20. The summed E-state index contributed by atoms with van der Waals surface area (Å²) in [4.78, 5) is 15.9. The maximum atomic E-state index is 11.1. The highest BCUT2D eigenvalue weighted by molar-refractivity contribution is 7.50. The van der Waals surface area contributed by atoms with Gasteiger partial charge in [-0.1, -0.05) is 0 Å². The van der Waals surface area contributed by atoms with Crippen molar-refractivity contribution in [2.24, 2.45) is 5.73 Å². The van der Waals surface area contributed by atoms with Crippen LogP contribution in [-0.2, 0) is 14.4 Å². The number of nitrogens with one attached hydrogen (secondary N) is 3. The number of aliphatic carboxylic acids is 1. The van der Waals surface area contributed by atoms with Crippen molar-refractivity contribution in [1.29, 1.82) is 5.41 Å². The first-order valence-electron chi connectivity index (χ1n) is 5.73. The van der Waals surface area contributed by atoms with Crippen molar-refractivity contribution in [3.63, 3.8) is 0 Å². The molecule has 2 unspecified atom stereocenters. The largest absolute Gasteiger partial charge is 0.480 e. The standard InChI is InChI=1S/C9H19N4O4P/c10-9(11)12-4-1-3-7(8(14)15)13-18-6-2-5-16-17-18/h7,13H,1-6H2,(H,14,15)(H4,10,11,12). The molecule has 0 spiro atoms. The van der Waals surface area contributed by atoms with Crippen LogP contribution in [-0.4, -0.2) is 42.4 Å². The average Bonchev–Trinajstić information content (AvgIpc) is 2.33. The molecule has 1 heterocycles. The smallest absolute Gasteiger partial charge is 0.321 e. The molecule has 8 nitrogen and oxygen atoms in total. The summed E-state index contributed by atoms with van der Waals surface area (Å²) >= 11 is 0. The lowest BCUT2D eigenvalue weighted by Crippen LogP contribution is -2.37. The van der Waals surface area contributed by atoms with Crippen molar-refractivity contribution in [2.45, 2.75) is 25.3 Å². The van der Waals surface area contributed by atoms with Crippen LogP contribution in [0.3, 0.4) is 0 Å². The third-order valence-corrected chi connectivity index (χ3v) is 3.92. The first-order valence-corrected chi connectivity index (χ1v) is 7.18. The third-order valence-electron chi connectivity index (χ3n) is 2.31. The Bertz CT molecular complexity index is 286. The minimum absolute atomic E-state index is 0.108. The summed E-state index contributed by atoms with van der Waals surface area (Å²) in [5.41, 5.74) is 5.13. The Morgan fingerprint density at radius 2 is 2.39 bits per heavy atom. The average molecular weight is 278 g/mol. The van der Waals surface area contributed by atoms with Gasteiger partial charge < -0.3 is 16.2 Å². The van der Waals surface area contributed by atoms with Crippen LogP contribution in [0.5, 0.6) is 0 Å². The third kappa shape index (κ3) is 6.11. The number of rotatable bonds is 7. The Morgan fingerprint density at radius 3 is 2.94 bits per heavy atom. The predicted octanol–water partition coefficient (Wildman–Crippen LogP) is -0.0437. The van der Waals surface area contributed by atoms with E-state index in [1.807, 2.05) is 0 Å². The van der Waals surface area contributed by atoms with Gasteiger partial charge in [-0.05, 0) is 19.3 Å². The molecule has 0 radical (unpaired) electrons. The lowest BCUT2D eigenvalue weighted by atomic mass is 10.2. The summed E-state index contributed by atoms with van der Waals surface area (Å²) in [6.45, 7) is 1.04. The molecule has 0 aromatic carbocycles. The zero-order chi connectivity index (χ0) is 13.4. The fraction of sp³-hybridized carbons (Fsp3) is 0.778. The van der Waals surface area contributed by atoms with Gasteiger partial charge >= 0.3 is 5.97 Å². The molecule has 0 aromatic rings. The summed E-state index contributed by atoms with van der Waals surface area (Å²) in [7, 11) is -1.02. The quantitative estimate of drug-likeness (QED) is 0.145. The second-order valence-electron chi connectivity index (χ2n) is 3.85. The zero-order valence-corrected chi connectivity index (χ0v) is 10.9. The Kier molecular flexibility index (Phi) is 6.89. The molecule has 1 saturated heterocycles. The molecule has 0 bridgehead atoms. The SMILES string of the molecule is N=C(N)NCCCC(NP1CCCOO1)C(=O)O. The molecular formula is C9H19N4O4P. The molecule has 2 atom stereocenters. The minimum atomic E-state index is -1.02. The fourth-order valence-electron chi connectivity index (χ4n) is 1.44. The highest BCUT2D eigenvalue weighted by Gasteiger charge is 2.24.